The van der Waals surface area contributed by atoms with Crippen molar-refractivity contribution in [1.29, 1.82) is 0 Å². The zero-order chi connectivity index (χ0) is 27.2. The molecule has 2 aliphatic rings. The van der Waals surface area contributed by atoms with Crippen LogP contribution in [0.1, 0.15) is 36.8 Å². The monoisotopic (exact) mass is 640 g/mol. The maximum Gasteiger partial charge on any atom is 0.247 e. The summed E-state index contributed by atoms with van der Waals surface area (Å²) in [4.78, 5) is 28.2. The Morgan fingerprint density at radius 3 is 2.63 bits per heavy atom. The summed E-state index contributed by atoms with van der Waals surface area (Å²) in [5, 5.41) is 33.0. The molecule has 1 aromatic carbocycles. The summed E-state index contributed by atoms with van der Waals surface area (Å²) in [7, 11) is 1.48. The molecule has 0 saturated heterocycles. The molecular formula is C27H33IN2O8. The average Bonchev–Trinajstić information content (AvgIpc) is 3.40. The number of carbonyl (C=O) groups excluding carboxylic acids is 2. The minimum atomic E-state index is -1.15. The lowest BCUT2D eigenvalue weighted by molar-refractivity contribution is -0.146. The number of nitrogens with one attached hydrogen (secondary N) is 1. The SMILES string of the molecule is COc1cc(CO)cc(I)c1O[C@H]1C=C(C(=O)NCCO)C[C@@H](N(Cc2ccoc2)C(=O)C2CCC2)[C@@H]1O. The van der Waals surface area contributed by atoms with Gasteiger partial charge in [-0.2, -0.15) is 0 Å². The smallest absolute Gasteiger partial charge is 0.247 e. The third-order valence-electron chi connectivity index (χ3n) is 7.01. The van der Waals surface area contributed by atoms with Crippen molar-refractivity contribution in [3.63, 3.8) is 0 Å². The van der Waals surface area contributed by atoms with Gasteiger partial charge in [0.15, 0.2) is 11.5 Å². The molecule has 2 amide bonds. The minimum Gasteiger partial charge on any atom is -0.493 e. The summed E-state index contributed by atoms with van der Waals surface area (Å²) < 4.78 is 17.6. The van der Waals surface area contributed by atoms with Gasteiger partial charge in [-0.1, -0.05) is 6.42 Å². The molecule has 206 valence electrons. The number of nitrogens with zero attached hydrogens (tertiary/aromatic N) is 1. The van der Waals surface area contributed by atoms with Gasteiger partial charge in [0.05, 0.1) is 42.5 Å². The van der Waals surface area contributed by atoms with Crippen LogP contribution in [0.25, 0.3) is 0 Å². The number of hydrogen-bond acceptors (Lipinski definition) is 8. The van der Waals surface area contributed by atoms with Gasteiger partial charge in [-0.05, 0) is 65.3 Å². The van der Waals surface area contributed by atoms with Crippen LogP contribution in [0.4, 0.5) is 0 Å². The van der Waals surface area contributed by atoms with Crippen LogP contribution in [0.3, 0.4) is 0 Å². The van der Waals surface area contributed by atoms with E-state index < -0.39 is 24.2 Å². The zero-order valence-electron chi connectivity index (χ0n) is 21.1. The second kappa shape index (κ2) is 13.0. The lowest BCUT2D eigenvalue weighted by Crippen LogP contribution is -2.56. The van der Waals surface area contributed by atoms with Gasteiger partial charge in [0.25, 0.3) is 0 Å². The van der Waals surface area contributed by atoms with Crippen molar-refractivity contribution in [3.8, 4) is 11.5 Å². The summed E-state index contributed by atoms with van der Waals surface area (Å²) >= 11 is 2.06. The molecule has 0 aliphatic heterocycles. The van der Waals surface area contributed by atoms with E-state index in [2.05, 4.69) is 27.9 Å². The largest absolute Gasteiger partial charge is 0.493 e. The number of carbonyl (C=O) groups is 2. The van der Waals surface area contributed by atoms with Crippen molar-refractivity contribution in [2.45, 2.75) is 57.1 Å². The van der Waals surface area contributed by atoms with Gasteiger partial charge >= 0.3 is 0 Å². The van der Waals surface area contributed by atoms with Gasteiger partial charge in [-0.15, -0.1) is 0 Å². The molecular weight excluding hydrogens is 607 g/mol. The maximum atomic E-state index is 13.6. The summed E-state index contributed by atoms with van der Waals surface area (Å²) in [6.07, 6.45) is 5.19. The second-order valence-corrected chi connectivity index (χ2v) is 10.7. The molecule has 0 bridgehead atoms. The van der Waals surface area contributed by atoms with Crippen molar-refractivity contribution in [2.75, 3.05) is 20.3 Å². The van der Waals surface area contributed by atoms with Crippen molar-refractivity contribution in [3.05, 3.63) is 57.1 Å². The number of ether oxygens (including phenoxy) is 2. The molecule has 1 heterocycles. The Hall–Kier alpha value is -2.61. The Labute approximate surface area is 234 Å². The van der Waals surface area contributed by atoms with Crippen molar-refractivity contribution in [1.82, 2.24) is 10.2 Å². The minimum absolute atomic E-state index is 0.0724. The highest BCUT2D eigenvalue weighted by atomic mass is 127. The van der Waals surface area contributed by atoms with Crippen LogP contribution in [0.15, 0.2) is 46.8 Å². The Kier molecular flexibility index (Phi) is 9.69. The van der Waals surface area contributed by atoms with E-state index in [-0.39, 0.29) is 44.5 Å². The highest BCUT2D eigenvalue weighted by molar-refractivity contribution is 14.1. The van der Waals surface area contributed by atoms with Gasteiger partial charge in [-0.25, -0.2) is 0 Å². The van der Waals surface area contributed by atoms with E-state index in [4.69, 9.17) is 13.9 Å². The molecule has 0 unspecified atom stereocenters. The molecule has 10 nitrogen and oxygen atoms in total. The van der Waals surface area contributed by atoms with E-state index in [0.717, 1.165) is 24.8 Å². The Morgan fingerprint density at radius 1 is 1.24 bits per heavy atom. The number of amides is 2. The number of benzene rings is 1. The molecule has 11 heteroatoms. The molecule has 4 rings (SSSR count). The van der Waals surface area contributed by atoms with Crippen LogP contribution >= 0.6 is 22.6 Å². The number of methoxy groups -OCH3 is 1. The standard InChI is InChI=1S/C27H33IN2O8/c1-36-23-10-17(14-32)9-20(28)25(23)38-22-12-19(26(34)29-6-7-31)11-21(24(22)33)30(13-16-5-8-37-15-16)27(35)18-3-2-4-18/h5,8-10,12,15,18,21-22,24,31-33H,2-4,6-7,11,13-14H2,1H3,(H,29,34)/t21-,22+,24+/m1/s1. The second-order valence-electron chi connectivity index (χ2n) is 9.51. The quantitative estimate of drug-likeness (QED) is 0.274. The van der Waals surface area contributed by atoms with Gasteiger partial charge in [-0.3, -0.25) is 9.59 Å². The Balaban J connectivity index is 1.70. The molecule has 1 fully saturated rings. The van der Waals surface area contributed by atoms with Crippen LogP contribution in [0, 0.1) is 9.49 Å². The lowest BCUT2D eigenvalue weighted by atomic mass is 9.82. The zero-order valence-corrected chi connectivity index (χ0v) is 23.3. The van der Waals surface area contributed by atoms with Crippen molar-refractivity contribution >= 4 is 34.4 Å². The van der Waals surface area contributed by atoms with Crippen LogP contribution in [-0.4, -0.2) is 70.5 Å². The highest BCUT2D eigenvalue weighted by Crippen LogP contribution is 2.38. The van der Waals surface area contributed by atoms with E-state index >= 15 is 0 Å². The van der Waals surface area contributed by atoms with E-state index in [0.29, 0.717) is 26.2 Å². The third-order valence-corrected chi connectivity index (χ3v) is 7.81. The fourth-order valence-corrected chi connectivity index (χ4v) is 5.52. The highest BCUT2D eigenvalue weighted by Gasteiger charge is 2.43. The normalized spacial score (nSPS) is 21.3. The van der Waals surface area contributed by atoms with Gasteiger partial charge in [0, 0.05) is 36.6 Å². The molecule has 2 aliphatic carbocycles. The molecule has 38 heavy (non-hydrogen) atoms. The summed E-state index contributed by atoms with van der Waals surface area (Å²) in [6.45, 7) is -0.104. The number of hydrogen-bond donors (Lipinski definition) is 4. The molecule has 2 aromatic rings. The molecule has 1 aromatic heterocycles. The summed E-state index contributed by atoms with van der Waals surface area (Å²) in [6, 6.07) is 4.41. The van der Waals surface area contributed by atoms with E-state index in [1.807, 2.05) is 0 Å². The Bertz CT molecular complexity index is 1150. The molecule has 3 atom stereocenters. The summed E-state index contributed by atoms with van der Waals surface area (Å²) in [5.41, 5.74) is 1.76. The van der Waals surface area contributed by atoms with E-state index in [1.165, 1.54) is 13.4 Å². The molecule has 4 N–H and O–H groups in total. The number of halogens is 1. The van der Waals surface area contributed by atoms with Gasteiger partial charge in [0.1, 0.15) is 12.2 Å². The fourth-order valence-electron chi connectivity index (χ4n) is 4.72. The maximum absolute atomic E-state index is 13.6. The molecule has 0 radical (unpaired) electrons. The average molecular weight is 640 g/mol. The van der Waals surface area contributed by atoms with Crippen LogP contribution in [0.5, 0.6) is 11.5 Å². The predicted octanol–water partition coefficient (Wildman–Crippen LogP) is 2.13. The number of rotatable bonds is 11. The molecule has 0 spiro atoms. The third kappa shape index (κ3) is 6.33. The Morgan fingerprint density at radius 2 is 2.03 bits per heavy atom. The number of aliphatic hydroxyl groups is 3. The first-order valence-electron chi connectivity index (χ1n) is 12.6. The van der Waals surface area contributed by atoms with Crippen LogP contribution in [0.2, 0.25) is 0 Å². The van der Waals surface area contributed by atoms with Crippen LogP contribution < -0.4 is 14.8 Å². The lowest BCUT2D eigenvalue weighted by Gasteiger charge is -2.42. The van der Waals surface area contributed by atoms with Gasteiger partial charge in [0.2, 0.25) is 11.8 Å². The fraction of sp³-hybridized carbons (Fsp3) is 0.481. The first-order valence-corrected chi connectivity index (χ1v) is 13.7. The first kappa shape index (κ1) is 28.4. The predicted molar refractivity (Wildman–Crippen MR) is 145 cm³/mol. The summed E-state index contributed by atoms with van der Waals surface area (Å²) in [5.74, 6) is 0.125. The number of aliphatic hydroxyl groups excluding tert-OH is 3. The van der Waals surface area contributed by atoms with Gasteiger partial charge < -0.3 is 39.4 Å². The van der Waals surface area contributed by atoms with Crippen molar-refractivity contribution in [2.24, 2.45) is 5.92 Å². The number of furan rings is 1. The van der Waals surface area contributed by atoms with Crippen molar-refractivity contribution < 1.29 is 38.8 Å². The topological polar surface area (TPSA) is 142 Å². The molecule has 1 saturated carbocycles. The van der Waals surface area contributed by atoms with E-state index in [1.54, 1.807) is 35.4 Å². The van der Waals surface area contributed by atoms with Crippen LogP contribution in [-0.2, 0) is 22.7 Å². The first-order chi connectivity index (χ1) is 18.4. The van der Waals surface area contributed by atoms with E-state index in [9.17, 15) is 24.9 Å².